The second-order valence-electron chi connectivity index (χ2n) is 6.67. The fourth-order valence-corrected chi connectivity index (χ4v) is 2.67. The lowest BCUT2D eigenvalue weighted by Gasteiger charge is -2.03. The third kappa shape index (κ3) is 1.56. The van der Waals surface area contributed by atoms with Gasteiger partial charge in [-0.1, -0.05) is 27.7 Å². The van der Waals surface area contributed by atoms with Crippen molar-refractivity contribution in [2.45, 2.75) is 52.5 Å². The third-order valence-corrected chi connectivity index (χ3v) is 4.97. The fraction of sp³-hybridized carbons (Fsp3) is 0.769. The smallest absolute Gasteiger partial charge is 0.291 e. The van der Waals surface area contributed by atoms with E-state index in [1.54, 1.807) is 0 Å². The Morgan fingerprint density at radius 2 is 1.89 bits per heavy atom. The highest BCUT2D eigenvalue weighted by Gasteiger charge is 2.65. The van der Waals surface area contributed by atoms with Crippen LogP contribution in [0, 0.1) is 10.8 Å². The average molecular weight is 248 g/mol. The zero-order chi connectivity index (χ0) is 13.1. The average Bonchev–Trinajstić information content (AvgIpc) is 3.11. The van der Waals surface area contributed by atoms with Crippen molar-refractivity contribution in [3.05, 3.63) is 11.6 Å². The monoisotopic (exact) mass is 248 g/mol. The van der Waals surface area contributed by atoms with E-state index in [1.807, 2.05) is 0 Å². The standard InChI is InChI=1S/C13H20N4O/c1-12(2)11(13(12,3)4)15-10(18)9-14-8(16-17-9)7-5-6-7/h7,11H,5-6H2,1-4H3,(H,15,18)(H,14,16,17). The first-order valence-corrected chi connectivity index (χ1v) is 6.57. The highest BCUT2D eigenvalue weighted by atomic mass is 16.2. The Morgan fingerprint density at radius 3 is 2.39 bits per heavy atom. The molecule has 1 aromatic rings. The van der Waals surface area contributed by atoms with E-state index in [2.05, 4.69) is 48.2 Å². The molecule has 3 rings (SSSR count). The van der Waals surface area contributed by atoms with E-state index in [0.717, 1.165) is 18.7 Å². The summed E-state index contributed by atoms with van der Waals surface area (Å²) in [5, 5.41) is 9.91. The number of aromatic nitrogens is 3. The van der Waals surface area contributed by atoms with Gasteiger partial charge in [-0.2, -0.15) is 0 Å². The van der Waals surface area contributed by atoms with Gasteiger partial charge in [-0.05, 0) is 23.7 Å². The predicted molar refractivity (Wildman–Crippen MR) is 67.2 cm³/mol. The van der Waals surface area contributed by atoms with Crippen LogP contribution >= 0.6 is 0 Å². The minimum atomic E-state index is -0.165. The van der Waals surface area contributed by atoms with Gasteiger partial charge in [0, 0.05) is 12.0 Å². The fourth-order valence-electron chi connectivity index (χ4n) is 2.67. The lowest BCUT2D eigenvalue weighted by Crippen LogP contribution is -2.30. The van der Waals surface area contributed by atoms with E-state index < -0.39 is 0 Å². The first kappa shape index (κ1) is 11.7. The maximum Gasteiger partial charge on any atom is 0.291 e. The van der Waals surface area contributed by atoms with Gasteiger partial charge in [-0.3, -0.25) is 9.89 Å². The van der Waals surface area contributed by atoms with Gasteiger partial charge in [0.15, 0.2) is 0 Å². The molecule has 2 N–H and O–H groups in total. The molecule has 5 nitrogen and oxygen atoms in total. The Hall–Kier alpha value is -1.39. The largest absolute Gasteiger partial charge is 0.345 e. The maximum atomic E-state index is 12.1. The number of nitrogens with zero attached hydrogens (tertiary/aromatic N) is 2. The summed E-state index contributed by atoms with van der Waals surface area (Å²) in [6, 6.07) is 0.195. The van der Waals surface area contributed by atoms with Crippen LogP contribution in [0.2, 0.25) is 0 Å². The van der Waals surface area contributed by atoms with Crippen LogP contribution in [0.4, 0.5) is 0 Å². The highest BCUT2D eigenvalue weighted by molar-refractivity contribution is 5.91. The van der Waals surface area contributed by atoms with E-state index >= 15 is 0 Å². The lowest BCUT2D eigenvalue weighted by atomic mass is 10.0. The number of amides is 1. The second-order valence-corrected chi connectivity index (χ2v) is 6.67. The number of nitrogens with one attached hydrogen (secondary N) is 2. The van der Waals surface area contributed by atoms with E-state index in [1.165, 1.54) is 0 Å². The molecular weight excluding hydrogens is 228 g/mol. The van der Waals surface area contributed by atoms with Crippen molar-refractivity contribution in [3.63, 3.8) is 0 Å². The molecule has 18 heavy (non-hydrogen) atoms. The molecule has 0 bridgehead atoms. The molecule has 2 aliphatic rings. The van der Waals surface area contributed by atoms with Gasteiger partial charge in [0.05, 0.1) is 0 Å². The lowest BCUT2D eigenvalue weighted by molar-refractivity contribution is 0.0933. The van der Waals surface area contributed by atoms with Crippen LogP contribution in [0.25, 0.3) is 0 Å². The quantitative estimate of drug-likeness (QED) is 0.857. The van der Waals surface area contributed by atoms with E-state index in [9.17, 15) is 4.79 Å². The van der Waals surface area contributed by atoms with Gasteiger partial charge >= 0.3 is 0 Å². The van der Waals surface area contributed by atoms with Gasteiger partial charge in [0.2, 0.25) is 5.82 Å². The van der Waals surface area contributed by atoms with Crippen molar-refractivity contribution >= 4 is 5.91 Å². The molecule has 2 aliphatic carbocycles. The number of hydrogen-bond donors (Lipinski definition) is 2. The summed E-state index contributed by atoms with van der Waals surface area (Å²) >= 11 is 0. The Morgan fingerprint density at radius 1 is 1.28 bits per heavy atom. The zero-order valence-corrected chi connectivity index (χ0v) is 11.4. The highest BCUT2D eigenvalue weighted by Crippen LogP contribution is 2.62. The molecule has 1 heterocycles. The first-order valence-electron chi connectivity index (χ1n) is 6.57. The summed E-state index contributed by atoms with van der Waals surface area (Å²) in [5.74, 6) is 1.46. The maximum absolute atomic E-state index is 12.1. The number of carbonyl (C=O) groups is 1. The van der Waals surface area contributed by atoms with Gasteiger partial charge in [-0.25, -0.2) is 4.98 Å². The van der Waals surface area contributed by atoms with E-state index in [-0.39, 0.29) is 28.6 Å². The molecule has 0 unspecified atom stereocenters. The molecule has 98 valence electrons. The third-order valence-electron chi connectivity index (χ3n) is 4.97. The summed E-state index contributed by atoms with van der Waals surface area (Å²) in [7, 11) is 0. The summed E-state index contributed by atoms with van der Waals surface area (Å²) in [4.78, 5) is 16.3. The topological polar surface area (TPSA) is 70.7 Å². The molecule has 0 saturated heterocycles. The number of rotatable bonds is 3. The molecule has 0 radical (unpaired) electrons. The summed E-state index contributed by atoms with van der Waals surface area (Å²) in [5.41, 5.74) is 0.274. The molecule has 0 aliphatic heterocycles. The van der Waals surface area contributed by atoms with Crippen LogP contribution in [0.5, 0.6) is 0 Å². The minimum absolute atomic E-state index is 0.137. The number of H-pyrrole nitrogens is 1. The van der Waals surface area contributed by atoms with Crippen LogP contribution in [-0.2, 0) is 0 Å². The Bertz CT molecular complexity index is 485. The molecule has 0 atom stereocenters. The van der Waals surface area contributed by atoms with Gasteiger partial charge < -0.3 is 5.32 Å². The molecule has 0 aromatic carbocycles. The van der Waals surface area contributed by atoms with E-state index in [4.69, 9.17) is 0 Å². The molecule has 1 aromatic heterocycles. The summed E-state index contributed by atoms with van der Waals surface area (Å²) in [6.07, 6.45) is 2.30. The zero-order valence-electron chi connectivity index (χ0n) is 11.4. The van der Waals surface area contributed by atoms with Gasteiger partial charge in [0.25, 0.3) is 5.91 Å². The van der Waals surface area contributed by atoms with Gasteiger partial charge in [-0.15, -0.1) is 5.10 Å². The van der Waals surface area contributed by atoms with Crippen LogP contribution in [0.3, 0.4) is 0 Å². The first-order chi connectivity index (χ1) is 8.34. The molecule has 5 heteroatoms. The van der Waals surface area contributed by atoms with Crippen LogP contribution in [-0.4, -0.2) is 27.1 Å². The van der Waals surface area contributed by atoms with Crippen molar-refractivity contribution in [3.8, 4) is 0 Å². The normalized spacial score (nSPS) is 24.9. The number of aromatic amines is 1. The van der Waals surface area contributed by atoms with Crippen molar-refractivity contribution in [1.29, 1.82) is 0 Å². The van der Waals surface area contributed by atoms with Crippen molar-refractivity contribution < 1.29 is 4.79 Å². The molecule has 2 fully saturated rings. The second kappa shape index (κ2) is 3.33. The van der Waals surface area contributed by atoms with Crippen LogP contribution < -0.4 is 5.32 Å². The van der Waals surface area contributed by atoms with Crippen molar-refractivity contribution in [2.24, 2.45) is 10.8 Å². The molecule has 0 spiro atoms. The minimum Gasteiger partial charge on any atom is -0.345 e. The Labute approximate surface area is 107 Å². The SMILES string of the molecule is CC1(C)C(NC(=O)c2n[nH]c(C3CC3)n2)C1(C)C. The van der Waals surface area contributed by atoms with Crippen molar-refractivity contribution in [2.75, 3.05) is 0 Å². The summed E-state index contributed by atoms with van der Waals surface area (Å²) < 4.78 is 0. The predicted octanol–water partition coefficient (Wildman–Crippen LogP) is 1.85. The van der Waals surface area contributed by atoms with Crippen LogP contribution in [0.15, 0.2) is 0 Å². The number of hydrogen-bond acceptors (Lipinski definition) is 3. The molecular formula is C13H20N4O. The molecule has 1 amide bonds. The van der Waals surface area contributed by atoms with Crippen molar-refractivity contribution in [1.82, 2.24) is 20.5 Å². The Kier molecular flexibility index (Phi) is 2.17. The van der Waals surface area contributed by atoms with E-state index in [0.29, 0.717) is 5.92 Å². The Balaban J connectivity index is 1.68. The number of carbonyl (C=O) groups excluding carboxylic acids is 1. The van der Waals surface area contributed by atoms with Gasteiger partial charge in [0.1, 0.15) is 5.82 Å². The summed E-state index contributed by atoms with van der Waals surface area (Å²) in [6.45, 7) is 8.69. The van der Waals surface area contributed by atoms with Crippen LogP contribution in [0.1, 0.15) is 62.9 Å². The molecule has 2 saturated carbocycles.